The molecule has 0 aliphatic carbocycles. The predicted molar refractivity (Wildman–Crippen MR) is 103 cm³/mol. The zero-order valence-corrected chi connectivity index (χ0v) is 16.2. The third kappa shape index (κ3) is 4.51. The molecular weight excluding hydrogens is 394 g/mol. The summed E-state index contributed by atoms with van der Waals surface area (Å²) in [5.41, 5.74) is 1.79. The number of hydrogen-bond donors (Lipinski definition) is 1. The molecule has 26 heavy (non-hydrogen) atoms. The maximum Gasteiger partial charge on any atom is 0.271 e. The number of nitrogens with zero attached hydrogens (tertiary/aromatic N) is 2. The molecule has 1 aromatic carbocycles. The van der Waals surface area contributed by atoms with Gasteiger partial charge in [-0.15, -0.1) is 21.5 Å². The first-order valence-electron chi connectivity index (χ1n) is 7.83. The number of anilines is 1. The van der Waals surface area contributed by atoms with Crippen molar-refractivity contribution in [3.8, 4) is 17.1 Å². The average molecular weight is 410 g/mol. The molecule has 0 saturated carbocycles. The number of benzene rings is 1. The topological polar surface area (TPSA) is 81.2 Å². The average Bonchev–Trinajstić information content (AvgIpc) is 3.08. The second-order valence-corrected chi connectivity index (χ2v) is 8.97. The maximum atomic E-state index is 12.4. The zero-order chi connectivity index (χ0) is 18.6. The highest BCUT2D eigenvalue weighted by Gasteiger charge is 2.17. The van der Waals surface area contributed by atoms with Crippen molar-refractivity contribution in [1.29, 1.82) is 0 Å². The summed E-state index contributed by atoms with van der Waals surface area (Å²) in [4.78, 5) is 0. The molecule has 0 spiro atoms. The normalized spacial score (nSPS) is 11.3. The van der Waals surface area contributed by atoms with Crippen molar-refractivity contribution in [1.82, 2.24) is 10.2 Å². The van der Waals surface area contributed by atoms with Crippen LogP contribution in [0.5, 0.6) is 5.88 Å². The summed E-state index contributed by atoms with van der Waals surface area (Å²) < 4.78 is 33.3. The summed E-state index contributed by atoms with van der Waals surface area (Å²) in [5.74, 6) is 0.460. The Bertz CT molecular complexity index is 988. The van der Waals surface area contributed by atoms with E-state index in [-0.39, 0.29) is 4.21 Å². The fourth-order valence-electron chi connectivity index (χ4n) is 2.15. The Kier molecular flexibility index (Phi) is 5.75. The zero-order valence-electron chi connectivity index (χ0n) is 13.8. The first kappa shape index (κ1) is 18.6. The van der Waals surface area contributed by atoms with Crippen LogP contribution >= 0.6 is 22.9 Å². The van der Waals surface area contributed by atoms with Gasteiger partial charge in [0.15, 0.2) is 0 Å². The molecule has 3 aromatic rings. The van der Waals surface area contributed by atoms with Crippen LogP contribution in [0.25, 0.3) is 11.3 Å². The van der Waals surface area contributed by atoms with Crippen LogP contribution in [0.1, 0.15) is 13.3 Å². The fourth-order valence-corrected chi connectivity index (χ4v) is 4.68. The Labute approximate surface area is 160 Å². The molecule has 6 nitrogen and oxygen atoms in total. The standard InChI is InChI=1S/C17H16ClN3O3S2/c1-2-10-24-16-8-6-14(19-20-16)12-4-3-5-13(11-12)21-26(22,23)17-9-7-15(18)25-17/h3-9,11,21H,2,10H2,1H3. The van der Waals surface area contributed by atoms with Crippen molar-refractivity contribution < 1.29 is 13.2 Å². The number of halogens is 1. The van der Waals surface area contributed by atoms with Crippen molar-refractivity contribution in [2.24, 2.45) is 0 Å². The number of thiophene rings is 1. The molecule has 3 rings (SSSR count). The van der Waals surface area contributed by atoms with E-state index in [1.54, 1.807) is 36.4 Å². The molecule has 0 fully saturated rings. The highest BCUT2D eigenvalue weighted by atomic mass is 35.5. The minimum absolute atomic E-state index is 0.158. The molecule has 0 aliphatic rings. The molecule has 0 amide bonds. The van der Waals surface area contributed by atoms with E-state index >= 15 is 0 Å². The van der Waals surface area contributed by atoms with E-state index in [9.17, 15) is 8.42 Å². The number of sulfonamides is 1. The van der Waals surface area contributed by atoms with E-state index < -0.39 is 10.0 Å². The minimum atomic E-state index is -3.68. The lowest BCUT2D eigenvalue weighted by atomic mass is 10.1. The number of rotatable bonds is 7. The first-order chi connectivity index (χ1) is 12.5. The van der Waals surface area contributed by atoms with Crippen LogP contribution in [0.4, 0.5) is 5.69 Å². The summed E-state index contributed by atoms with van der Waals surface area (Å²) in [5, 5.41) is 8.16. The predicted octanol–water partition coefficient (Wildman–Crippen LogP) is 4.45. The van der Waals surface area contributed by atoms with Crippen molar-refractivity contribution in [2.45, 2.75) is 17.6 Å². The van der Waals surface area contributed by atoms with E-state index in [0.29, 0.717) is 28.2 Å². The lowest BCUT2D eigenvalue weighted by molar-refractivity contribution is 0.302. The second-order valence-electron chi connectivity index (χ2n) is 5.35. The van der Waals surface area contributed by atoms with Gasteiger partial charge in [0.05, 0.1) is 16.6 Å². The Hall–Kier alpha value is -2.16. The molecule has 0 radical (unpaired) electrons. The molecule has 0 aliphatic heterocycles. The molecular formula is C17H16ClN3O3S2. The van der Waals surface area contributed by atoms with Crippen LogP contribution in [0.2, 0.25) is 4.34 Å². The minimum Gasteiger partial charge on any atom is -0.477 e. The number of hydrogen-bond acceptors (Lipinski definition) is 6. The van der Waals surface area contributed by atoms with Crippen LogP contribution in [0.3, 0.4) is 0 Å². The van der Waals surface area contributed by atoms with Crippen molar-refractivity contribution in [3.63, 3.8) is 0 Å². The number of nitrogens with one attached hydrogen (secondary N) is 1. The van der Waals surface area contributed by atoms with Crippen LogP contribution in [0, 0.1) is 0 Å². The van der Waals surface area contributed by atoms with Gasteiger partial charge in [0.2, 0.25) is 5.88 Å². The number of ether oxygens (including phenoxy) is 1. The number of aromatic nitrogens is 2. The van der Waals surface area contributed by atoms with Gasteiger partial charge in [-0.25, -0.2) is 8.42 Å². The van der Waals surface area contributed by atoms with Crippen molar-refractivity contribution in [3.05, 3.63) is 52.9 Å². The van der Waals surface area contributed by atoms with Gasteiger partial charge in [-0.2, -0.15) is 0 Å². The molecule has 0 unspecified atom stereocenters. The van der Waals surface area contributed by atoms with Gasteiger partial charge in [-0.3, -0.25) is 4.72 Å². The Morgan fingerprint density at radius 1 is 1.15 bits per heavy atom. The molecule has 2 heterocycles. The quantitative estimate of drug-likeness (QED) is 0.623. The van der Waals surface area contributed by atoms with Gasteiger partial charge in [-0.05, 0) is 36.8 Å². The molecule has 0 atom stereocenters. The molecule has 1 N–H and O–H groups in total. The highest BCUT2D eigenvalue weighted by Crippen LogP contribution is 2.28. The van der Waals surface area contributed by atoms with E-state index in [1.807, 2.05) is 13.0 Å². The first-order valence-corrected chi connectivity index (χ1v) is 10.5. The third-order valence-corrected chi connectivity index (χ3v) is 6.42. The Balaban J connectivity index is 1.80. The van der Waals surface area contributed by atoms with Crippen LogP contribution in [-0.2, 0) is 10.0 Å². The van der Waals surface area contributed by atoms with Gasteiger partial charge >= 0.3 is 0 Å². The van der Waals surface area contributed by atoms with Crippen molar-refractivity contribution >= 4 is 38.6 Å². The monoisotopic (exact) mass is 409 g/mol. The van der Waals surface area contributed by atoms with Crippen molar-refractivity contribution in [2.75, 3.05) is 11.3 Å². The largest absolute Gasteiger partial charge is 0.477 e. The summed E-state index contributed by atoms with van der Waals surface area (Å²) in [6.07, 6.45) is 0.890. The van der Waals surface area contributed by atoms with Crippen LogP contribution in [0.15, 0.2) is 52.7 Å². The van der Waals surface area contributed by atoms with E-state index in [2.05, 4.69) is 14.9 Å². The van der Waals surface area contributed by atoms with Gasteiger partial charge in [0, 0.05) is 17.3 Å². The van der Waals surface area contributed by atoms with Gasteiger partial charge in [0.1, 0.15) is 4.21 Å². The summed E-state index contributed by atoms with van der Waals surface area (Å²) >= 11 is 6.82. The molecule has 0 bridgehead atoms. The Morgan fingerprint density at radius 3 is 2.65 bits per heavy atom. The fraction of sp³-hybridized carbons (Fsp3) is 0.176. The lowest BCUT2D eigenvalue weighted by Crippen LogP contribution is -2.11. The van der Waals surface area contributed by atoms with Gasteiger partial charge in [0.25, 0.3) is 10.0 Å². The molecule has 0 saturated heterocycles. The van der Waals surface area contributed by atoms with E-state index in [1.165, 1.54) is 6.07 Å². The maximum absolute atomic E-state index is 12.4. The smallest absolute Gasteiger partial charge is 0.271 e. The molecule has 9 heteroatoms. The SMILES string of the molecule is CCCOc1ccc(-c2cccc(NS(=O)(=O)c3ccc(Cl)s3)c2)nn1. The highest BCUT2D eigenvalue weighted by molar-refractivity contribution is 7.94. The van der Waals surface area contributed by atoms with Gasteiger partial charge in [-0.1, -0.05) is 30.7 Å². The third-order valence-electron chi connectivity index (χ3n) is 3.32. The van der Waals surface area contributed by atoms with Crippen LogP contribution in [-0.4, -0.2) is 25.2 Å². The summed E-state index contributed by atoms with van der Waals surface area (Å²) in [7, 11) is -3.68. The second kappa shape index (κ2) is 8.03. The summed E-state index contributed by atoms with van der Waals surface area (Å²) in [6.45, 7) is 2.59. The van der Waals surface area contributed by atoms with Gasteiger partial charge < -0.3 is 4.74 Å². The molecule has 136 valence electrons. The van der Waals surface area contributed by atoms with Crippen LogP contribution < -0.4 is 9.46 Å². The summed E-state index contributed by atoms with van der Waals surface area (Å²) in [6, 6.07) is 13.5. The lowest BCUT2D eigenvalue weighted by Gasteiger charge is -2.08. The van der Waals surface area contributed by atoms with E-state index in [4.69, 9.17) is 16.3 Å². The molecule has 2 aromatic heterocycles. The van der Waals surface area contributed by atoms with E-state index in [0.717, 1.165) is 23.3 Å². The Morgan fingerprint density at radius 2 is 2.00 bits per heavy atom.